The van der Waals surface area contributed by atoms with Crippen LogP contribution in [0.1, 0.15) is 6.42 Å². The second-order valence-electron chi connectivity index (χ2n) is 4.17. The fourth-order valence-electron chi connectivity index (χ4n) is 1.74. The second-order valence-corrected chi connectivity index (χ2v) is 5.09. The Bertz CT molecular complexity index is 450. The molecule has 0 aliphatic carbocycles. The molecule has 1 aliphatic rings. The van der Waals surface area contributed by atoms with E-state index in [4.69, 9.17) is 9.47 Å². The highest BCUT2D eigenvalue weighted by Crippen LogP contribution is 2.33. The molecule has 1 aromatic rings. The molecule has 1 heterocycles. The van der Waals surface area contributed by atoms with Crippen molar-refractivity contribution < 1.29 is 27.4 Å². The number of ether oxygens (including phenoxy) is 3. The zero-order valence-corrected chi connectivity index (χ0v) is 12.0. The fourth-order valence-corrected chi connectivity index (χ4v) is 2.08. The Hall–Kier alpha value is -0.990. The second kappa shape index (κ2) is 6.64. The number of rotatable bonds is 4. The summed E-state index contributed by atoms with van der Waals surface area (Å²) in [6.45, 7) is 1.18. The standard InChI is InChI=1S/C12H13BrF3NO3/c13-8-1-2-10(11(5-8)20-12(14,15)16)17-6-9-3-4-18-7-19-9/h1-2,5,9,17H,3-4,6-7H2. The number of anilines is 1. The lowest BCUT2D eigenvalue weighted by Crippen LogP contribution is -2.30. The minimum absolute atomic E-state index is 0.0915. The lowest BCUT2D eigenvalue weighted by Gasteiger charge is -2.24. The summed E-state index contributed by atoms with van der Waals surface area (Å²) in [4.78, 5) is 0. The Morgan fingerprint density at radius 1 is 1.40 bits per heavy atom. The van der Waals surface area contributed by atoms with Gasteiger partial charge in [-0.25, -0.2) is 0 Å². The van der Waals surface area contributed by atoms with Crippen LogP contribution >= 0.6 is 15.9 Å². The van der Waals surface area contributed by atoms with Crippen LogP contribution in [0.5, 0.6) is 5.75 Å². The van der Waals surface area contributed by atoms with Crippen molar-refractivity contribution in [1.29, 1.82) is 0 Å². The van der Waals surface area contributed by atoms with Gasteiger partial charge in [0.05, 0.1) is 18.4 Å². The van der Waals surface area contributed by atoms with Crippen molar-refractivity contribution in [3.63, 3.8) is 0 Å². The average Bonchev–Trinajstić information content (AvgIpc) is 2.37. The predicted octanol–water partition coefficient (Wildman–Crippen LogP) is 3.52. The van der Waals surface area contributed by atoms with Crippen molar-refractivity contribution in [2.75, 3.05) is 25.3 Å². The maximum Gasteiger partial charge on any atom is 0.573 e. The van der Waals surface area contributed by atoms with Crippen LogP contribution < -0.4 is 10.1 Å². The van der Waals surface area contributed by atoms with Gasteiger partial charge >= 0.3 is 6.36 Å². The maximum atomic E-state index is 12.3. The van der Waals surface area contributed by atoms with Gasteiger partial charge in [0, 0.05) is 11.0 Å². The monoisotopic (exact) mass is 355 g/mol. The first-order chi connectivity index (χ1) is 9.44. The molecule has 0 amide bonds. The lowest BCUT2D eigenvalue weighted by molar-refractivity contribution is -0.274. The first-order valence-corrected chi connectivity index (χ1v) is 6.72. The van der Waals surface area contributed by atoms with Crippen molar-refractivity contribution in [2.45, 2.75) is 18.9 Å². The molecule has 20 heavy (non-hydrogen) atoms. The first-order valence-electron chi connectivity index (χ1n) is 5.92. The minimum atomic E-state index is -4.73. The van der Waals surface area contributed by atoms with E-state index in [-0.39, 0.29) is 24.3 Å². The molecule has 0 radical (unpaired) electrons. The van der Waals surface area contributed by atoms with Crippen molar-refractivity contribution in [3.05, 3.63) is 22.7 Å². The molecular formula is C12H13BrF3NO3. The summed E-state index contributed by atoms with van der Waals surface area (Å²) in [7, 11) is 0. The van der Waals surface area contributed by atoms with Gasteiger partial charge in [0.25, 0.3) is 0 Å². The summed E-state index contributed by atoms with van der Waals surface area (Å²) < 4.78 is 51.9. The molecule has 112 valence electrons. The SMILES string of the molecule is FC(F)(F)Oc1cc(Br)ccc1NCC1CCOCO1. The third-order valence-corrected chi connectivity index (χ3v) is 3.15. The highest BCUT2D eigenvalue weighted by Gasteiger charge is 2.32. The zero-order chi connectivity index (χ0) is 14.6. The van der Waals surface area contributed by atoms with Crippen LogP contribution in [0.4, 0.5) is 18.9 Å². The molecule has 1 N–H and O–H groups in total. The van der Waals surface area contributed by atoms with Crippen LogP contribution in [0.2, 0.25) is 0 Å². The number of hydrogen-bond acceptors (Lipinski definition) is 4. The number of alkyl halides is 3. The lowest BCUT2D eigenvalue weighted by atomic mass is 10.2. The summed E-state index contributed by atoms with van der Waals surface area (Å²) in [5, 5.41) is 2.91. The molecule has 0 bridgehead atoms. The Balaban J connectivity index is 2.02. The molecule has 1 atom stereocenters. The number of benzene rings is 1. The number of nitrogens with one attached hydrogen (secondary N) is 1. The average molecular weight is 356 g/mol. The van der Waals surface area contributed by atoms with Gasteiger partial charge in [0.2, 0.25) is 0 Å². The molecule has 0 saturated carbocycles. The van der Waals surface area contributed by atoms with Gasteiger partial charge in [-0.2, -0.15) is 0 Å². The third-order valence-electron chi connectivity index (χ3n) is 2.66. The van der Waals surface area contributed by atoms with Gasteiger partial charge in [-0.15, -0.1) is 13.2 Å². The van der Waals surface area contributed by atoms with Gasteiger partial charge in [-0.1, -0.05) is 15.9 Å². The van der Waals surface area contributed by atoms with E-state index < -0.39 is 6.36 Å². The first kappa shape index (κ1) is 15.4. The van der Waals surface area contributed by atoms with Gasteiger partial charge in [-0.05, 0) is 24.6 Å². The molecule has 1 aromatic carbocycles. The molecule has 8 heteroatoms. The Morgan fingerprint density at radius 2 is 2.20 bits per heavy atom. The van der Waals surface area contributed by atoms with E-state index in [0.29, 0.717) is 24.0 Å². The third kappa shape index (κ3) is 4.84. The maximum absolute atomic E-state index is 12.3. The van der Waals surface area contributed by atoms with E-state index in [1.807, 2.05) is 0 Å². The molecular weight excluding hydrogens is 343 g/mol. The van der Waals surface area contributed by atoms with E-state index in [0.717, 1.165) is 0 Å². The van der Waals surface area contributed by atoms with E-state index in [1.165, 1.54) is 12.1 Å². The Kier molecular flexibility index (Phi) is 5.11. The van der Waals surface area contributed by atoms with Crippen LogP contribution in [0.15, 0.2) is 22.7 Å². The van der Waals surface area contributed by atoms with Gasteiger partial charge in [-0.3, -0.25) is 0 Å². The zero-order valence-electron chi connectivity index (χ0n) is 10.4. The minimum Gasteiger partial charge on any atom is -0.404 e. The molecule has 0 spiro atoms. The molecule has 1 unspecified atom stereocenters. The smallest absolute Gasteiger partial charge is 0.404 e. The molecule has 1 aliphatic heterocycles. The Morgan fingerprint density at radius 3 is 2.85 bits per heavy atom. The van der Waals surface area contributed by atoms with Gasteiger partial charge < -0.3 is 19.5 Å². The van der Waals surface area contributed by atoms with Crippen molar-refractivity contribution in [3.8, 4) is 5.75 Å². The Labute approximate surface area is 122 Å². The molecule has 1 saturated heterocycles. The van der Waals surface area contributed by atoms with Gasteiger partial charge in [0.15, 0.2) is 5.75 Å². The summed E-state index contributed by atoms with van der Waals surface area (Å²) in [6, 6.07) is 4.42. The highest BCUT2D eigenvalue weighted by molar-refractivity contribution is 9.10. The van der Waals surface area contributed by atoms with Crippen LogP contribution in [-0.4, -0.2) is 32.4 Å². The van der Waals surface area contributed by atoms with E-state index in [9.17, 15) is 13.2 Å². The van der Waals surface area contributed by atoms with E-state index in [1.54, 1.807) is 6.07 Å². The van der Waals surface area contributed by atoms with Crippen LogP contribution in [-0.2, 0) is 9.47 Å². The van der Waals surface area contributed by atoms with Crippen molar-refractivity contribution in [1.82, 2.24) is 0 Å². The fraction of sp³-hybridized carbons (Fsp3) is 0.500. The van der Waals surface area contributed by atoms with Crippen molar-refractivity contribution in [2.24, 2.45) is 0 Å². The molecule has 2 rings (SSSR count). The summed E-state index contributed by atoms with van der Waals surface area (Å²) in [5.41, 5.74) is 0.264. The highest BCUT2D eigenvalue weighted by atomic mass is 79.9. The quantitative estimate of drug-likeness (QED) is 0.896. The summed E-state index contributed by atoms with van der Waals surface area (Å²) in [6.07, 6.45) is -4.13. The molecule has 0 aromatic heterocycles. The summed E-state index contributed by atoms with van der Waals surface area (Å²) in [5.74, 6) is -0.279. The van der Waals surface area contributed by atoms with Gasteiger partial charge in [0.1, 0.15) is 6.79 Å². The van der Waals surface area contributed by atoms with E-state index in [2.05, 4.69) is 26.0 Å². The summed E-state index contributed by atoms with van der Waals surface area (Å²) >= 11 is 3.12. The van der Waals surface area contributed by atoms with Crippen LogP contribution in [0.25, 0.3) is 0 Å². The topological polar surface area (TPSA) is 39.7 Å². The predicted molar refractivity (Wildman–Crippen MR) is 69.6 cm³/mol. The normalized spacial score (nSPS) is 19.7. The van der Waals surface area contributed by atoms with E-state index >= 15 is 0 Å². The molecule has 1 fully saturated rings. The van der Waals surface area contributed by atoms with Crippen molar-refractivity contribution >= 4 is 21.6 Å². The van der Waals surface area contributed by atoms with Crippen LogP contribution in [0, 0.1) is 0 Å². The number of hydrogen-bond donors (Lipinski definition) is 1. The number of halogens is 4. The van der Waals surface area contributed by atoms with Crippen LogP contribution in [0.3, 0.4) is 0 Å². The molecule has 4 nitrogen and oxygen atoms in total. The largest absolute Gasteiger partial charge is 0.573 e.